The van der Waals surface area contributed by atoms with Crippen molar-refractivity contribution in [1.29, 1.82) is 0 Å². The molecule has 5 heteroatoms. The summed E-state index contributed by atoms with van der Waals surface area (Å²) in [7, 11) is 1.66. The molecule has 0 unspecified atom stereocenters. The zero-order chi connectivity index (χ0) is 12.3. The highest BCUT2D eigenvalue weighted by Crippen LogP contribution is 2.15. The second-order valence-corrected chi connectivity index (χ2v) is 3.78. The average molecular weight is 232 g/mol. The van der Waals surface area contributed by atoms with Crippen LogP contribution in [0.4, 0.5) is 5.82 Å². The number of benzene rings is 1. The van der Waals surface area contributed by atoms with Gasteiger partial charge in [-0.1, -0.05) is 24.3 Å². The first-order valence-electron chi connectivity index (χ1n) is 5.55. The third-order valence-corrected chi connectivity index (χ3v) is 2.67. The Morgan fingerprint density at radius 2 is 2.24 bits per heavy atom. The Balaban J connectivity index is 2.24. The number of nitrogen functional groups attached to an aromatic ring is 1. The summed E-state index contributed by atoms with van der Waals surface area (Å²) in [6.45, 7) is 2.70. The Morgan fingerprint density at radius 1 is 1.41 bits per heavy atom. The zero-order valence-electron chi connectivity index (χ0n) is 10.1. The fraction of sp³-hybridized carbons (Fsp3) is 0.333. The molecule has 17 heavy (non-hydrogen) atoms. The first kappa shape index (κ1) is 11.4. The molecule has 1 heterocycles. The van der Waals surface area contributed by atoms with Crippen molar-refractivity contribution in [3.63, 3.8) is 0 Å². The van der Waals surface area contributed by atoms with Crippen LogP contribution in [0.3, 0.4) is 0 Å². The van der Waals surface area contributed by atoms with Crippen LogP contribution >= 0.6 is 0 Å². The van der Waals surface area contributed by atoms with Crippen molar-refractivity contribution in [3.05, 3.63) is 35.5 Å². The van der Waals surface area contributed by atoms with Crippen molar-refractivity contribution in [1.82, 2.24) is 15.0 Å². The summed E-state index contributed by atoms with van der Waals surface area (Å²) in [5.41, 5.74) is 7.82. The van der Waals surface area contributed by atoms with Crippen molar-refractivity contribution in [2.24, 2.45) is 0 Å². The monoisotopic (exact) mass is 232 g/mol. The van der Waals surface area contributed by atoms with E-state index in [1.165, 1.54) is 0 Å². The van der Waals surface area contributed by atoms with Crippen LogP contribution in [-0.2, 0) is 13.0 Å². The van der Waals surface area contributed by atoms with E-state index in [-0.39, 0.29) is 0 Å². The number of rotatable bonds is 4. The maximum absolute atomic E-state index is 5.74. The first-order chi connectivity index (χ1) is 8.24. The summed E-state index contributed by atoms with van der Waals surface area (Å²) in [4.78, 5) is 0. The molecule has 0 aliphatic heterocycles. The molecule has 2 aromatic rings. The summed E-state index contributed by atoms with van der Waals surface area (Å²) in [6.07, 6.45) is 0.822. The molecule has 0 aliphatic carbocycles. The third kappa shape index (κ3) is 2.38. The predicted octanol–water partition coefficient (Wildman–Crippen LogP) is 1.48. The van der Waals surface area contributed by atoms with Crippen molar-refractivity contribution in [3.8, 4) is 5.75 Å². The van der Waals surface area contributed by atoms with Gasteiger partial charge in [0.2, 0.25) is 0 Å². The highest BCUT2D eigenvalue weighted by molar-refractivity contribution is 5.34. The van der Waals surface area contributed by atoms with E-state index in [2.05, 4.69) is 10.3 Å². The number of hydrogen-bond acceptors (Lipinski definition) is 4. The number of aromatic nitrogens is 3. The van der Waals surface area contributed by atoms with Crippen LogP contribution in [0.5, 0.6) is 5.75 Å². The number of methoxy groups -OCH3 is 1. The van der Waals surface area contributed by atoms with Crippen molar-refractivity contribution in [2.45, 2.75) is 19.9 Å². The average Bonchev–Trinajstić information content (AvgIpc) is 2.70. The van der Waals surface area contributed by atoms with E-state index in [1.807, 2.05) is 35.9 Å². The van der Waals surface area contributed by atoms with E-state index >= 15 is 0 Å². The van der Waals surface area contributed by atoms with Gasteiger partial charge in [-0.2, -0.15) is 0 Å². The third-order valence-electron chi connectivity index (χ3n) is 2.67. The molecule has 0 radical (unpaired) electrons. The molecule has 0 atom stereocenters. The van der Waals surface area contributed by atoms with Crippen LogP contribution in [0.2, 0.25) is 0 Å². The highest BCUT2D eigenvalue weighted by Gasteiger charge is 2.08. The number of nitrogens with zero attached hydrogens (tertiary/aromatic N) is 3. The van der Waals surface area contributed by atoms with Crippen molar-refractivity contribution in [2.75, 3.05) is 12.8 Å². The van der Waals surface area contributed by atoms with E-state index in [0.29, 0.717) is 12.4 Å². The molecule has 90 valence electrons. The summed E-state index contributed by atoms with van der Waals surface area (Å²) in [5, 5.41) is 7.92. The second-order valence-electron chi connectivity index (χ2n) is 3.78. The van der Waals surface area contributed by atoms with Gasteiger partial charge in [0.05, 0.1) is 19.3 Å². The molecule has 0 amide bonds. The zero-order valence-corrected chi connectivity index (χ0v) is 10.1. The minimum atomic E-state index is 0.510. The Morgan fingerprint density at radius 3 is 2.94 bits per heavy atom. The van der Waals surface area contributed by atoms with Gasteiger partial charge in [0.1, 0.15) is 5.75 Å². The molecule has 0 spiro atoms. The lowest BCUT2D eigenvalue weighted by atomic mass is 10.2. The minimum absolute atomic E-state index is 0.510. The predicted molar refractivity (Wildman–Crippen MR) is 65.9 cm³/mol. The Labute approximate surface area is 100 Å². The van der Waals surface area contributed by atoms with Gasteiger partial charge in [-0.3, -0.25) is 0 Å². The van der Waals surface area contributed by atoms with Gasteiger partial charge in [-0.05, 0) is 24.1 Å². The quantitative estimate of drug-likeness (QED) is 0.867. The first-order valence-corrected chi connectivity index (χ1v) is 5.55. The van der Waals surface area contributed by atoms with E-state index in [9.17, 15) is 0 Å². The molecule has 0 saturated heterocycles. The lowest BCUT2D eigenvalue weighted by molar-refractivity contribution is 0.414. The molecule has 0 fully saturated rings. The van der Waals surface area contributed by atoms with Crippen molar-refractivity contribution < 1.29 is 4.74 Å². The van der Waals surface area contributed by atoms with Crippen LogP contribution in [0, 0.1) is 0 Å². The van der Waals surface area contributed by atoms with Gasteiger partial charge in [0.15, 0.2) is 5.82 Å². The Kier molecular flexibility index (Phi) is 3.27. The smallest absolute Gasteiger partial charge is 0.169 e. The number of hydrogen-bond donors (Lipinski definition) is 1. The lowest BCUT2D eigenvalue weighted by Gasteiger charge is -2.06. The molecule has 2 N–H and O–H groups in total. The number of ether oxygens (including phenoxy) is 1. The lowest BCUT2D eigenvalue weighted by Crippen LogP contribution is -2.06. The number of anilines is 1. The van der Waals surface area contributed by atoms with Gasteiger partial charge in [0, 0.05) is 0 Å². The van der Waals surface area contributed by atoms with Crippen LogP contribution in [-0.4, -0.2) is 22.1 Å². The topological polar surface area (TPSA) is 66.0 Å². The molecule has 5 nitrogen and oxygen atoms in total. The SMILES string of the molecule is CCc1c(N)nnn1Cc1cccc(OC)c1. The van der Waals surface area contributed by atoms with Crippen LogP contribution in [0.15, 0.2) is 24.3 Å². The standard InChI is InChI=1S/C12H16N4O/c1-3-11-12(13)14-15-16(11)8-9-5-4-6-10(7-9)17-2/h4-7H,3,8,13H2,1-2H3. The molecular weight excluding hydrogens is 216 g/mol. The van der Waals surface area contributed by atoms with Gasteiger partial charge < -0.3 is 10.5 Å². The number of nitrogens with two attached hydrogens (primary N) is 1. The Hall–Kier alpha value is -2.04. The fourth-order valence-corrected chi connectivity index (χ4v) is 1.78. The molecule has 0 bridgehead atoms. The molecular formula is C12H16N4O. The van der Waals surface area contributed by atoms with E-state index in [1.54, 1.807) is 7.11 Å². The summed E-state index contributed by atoms with van der Waals surface area (Å²) in [6, 6.07) is 7.89. The van der Waals surface area contributed by atoms with Gasteiger partial charge in [0.25, 0.3) is 0 Å². The van der Waals surface area contributed by atoms with E-state index in [4.69, 9.17) is 10.5 Å². The highest BCUT2D eigenvalue weighted by atomic mass is 16.5. The molecule has 1 aromatic heterocycles. The van der Waals surface area contributed by atoms with Crippen molar-refractivity contribution >= 4 is 5.82 Å². The van der Waals surface area contributed by atoms with Crippen LogP contribution in [0.1, 0.15) is 18.2 Å². The molecule has 0 saturated carbocycles. The van der Waals surface area contributed by atoms with E-state index < -0.39 is 0 Å². The van der Waals surface area contributed by atoms with Crippen LogP contribution < -0.4 is 10.5 Å². The maximum atomic E-state index is 5.74. The Bertz CT molecular complexity index is 507. The van der Waals surface area contributed by atoms with Crippen LogP contribution in [0.25, 0.3) is 0 Å². The van der Waals surface area contributed by atoms with E-state index in [0.717, 1.165) is 23.4 Å². The molecule has 1 aromatic carbocycles. The normalized spacial score (nSPS) is 10.5. The minimum Gasteiger partial charge on any atom is -0.497 e. The fourth-order valence-electron chi connectivity index (χ4n) is 1.78. The second kappa shape index (κ2) is 4.86. The van der Waals surface area contributed by atoms with Gasteiger partial charge in [-0.15, -0.1) is 5.10 Å². The molecule has 0 aliphatic rings. The molecule has 2 rings (SSSR count). The largest absolute Gasteiger partial charge is 0.497 e. The van der Waals surface area contributed by atoms with Gasteiger partial charge >= 0.3 is 0 Å². The summed E-state index contributed by atoms with van der Waals surface area (Å²) >= 11 is 0. The summed E-state index contributed by atoms with van der Waals surface area (Å²) in [5.74, 6) is 1.35. The van der Waals surface area contributed by atoms with Gasteiger partial charge in [-0.25, -0.2) is 4.68 Å². The summed E-state index contributed by atoms with van der Waals surface area (Å²) < 4.78 is 7.01. The maximum Gasteiger partial charge on any atom is 0.169 e.